The number of carbonyl (C=O) groups excluding carboxylic acids is 1. The summed E-state index contributed by atoms with van der Waals surface area (Å²) in [6.45, 7) is 9.09. The molecule has 0 saturated carbocycles. The van der Waals surface area contributed by atoms with E-state index in [1.165, 1.54) is 6.20 Å². The Kier molecular flexibility index (Phi) is 5.19. The number of nitrogens with one attached hydrogen (secondary N) is 1. The molecule has 0 aliphatic heterocycles. The minimum absolute atomic E-state index is 0.106. The fourth-order valence-corrected chi connectivity index (χ4v) is 2.42. The summed E-state index contributed by atoms with van der Waals surface area (Å²) in [6, 6.07) is 3.38. The molecule has 0 radical (unpaired) electrons. The molecule has 2 rings (SSSR count). The zero-order valence-corrected chi connectivity index (χ0v) is 14.1. The van der Waals surface area contributed by atoms with Crippen molar-refractivity contribution in [2.24, 2.45) is 5.92 Å². The van der Waals surface area contributed by atoms with Crippen molar-refractivity contribution in [3.63, 3.8) is 0 Å². The van der Waals surface area contributed by atoms with Crippen LogP contribution in [0.4, 0.5) is 5.82 Å². The molecule has 0 fully saturated rings. The van der Waals surface area contributed by atoms with Gasteiger partial charge in [-0.25, -0.2) is 4.98 Å². The van der Waals surface area contributed by atoms with E-state index in [-0.39, 0.29) is 5.91 Å². The molecule has 2 aromatic heterocycles. The topological polar surface area (TPSA) is 59.8 Å². The van der Waals surface area contributed by atoms with Crippen molar-refractivity contribution in [1.29, 1.82) is 0 Å². The Bertz CT molecular complexity index is 662. The van der Waals surface area contributed by atoms with Gasteiger partial charge in [-0.3, -0.25) is 9.48 Å². The standard InChI is InChI=1S/C16H21ClN4O/c1-10(2)9-21-12(4)14(11(3)20-21)7-16(22)19-15-6-5-13(17)8-18-15/h5-6,8,10H,7,9H2,1-4H3,(H,18,19,22). The minimum Gasteiger partial charge on any atom is -0.310 e. The van der Waals surface area contributed by atoms with Crippen LogP contribution in [0.2, 0.25) is 5.02 Å². The average Bonchev–Trinajstić information content (AvgIpc) is 2.68. The molecule has 0 saturated heterocycles. The van der Waals surface area contributed by atoms with Crippen molar-refractivity contribution in [1.82, 2.24) is 14.8 Å². The lowest BCUT2D eigenvalue weighted by Gasteiger charge is -2.08. The van der Waals surface area contributed by atoms with E-state index in [0.717, 1.165) is 23.5 Å². The predicted molar refractivity (Wildman–Crippen MR) is 88.1 cm³/mol. The molecular formula is C16H21ClN4O. The van der Waals surface area contributed by atoms with Crippen LogP contribution in [0.3, 0.4) is 0 Å². The van der Waals surface area contributed by atoms with Gasteiger partial charge < -0.3 is 5.32 Å². The van der Waals surface area contributed by atoms with Crippen molar-refractivity contribution in [2.75, 3.05) is 5.32 Å². The smallest absolute Gasteiger partial charge is 0.230 e. The molecule has 0 atom stereocenters. The maximum Gasteiger partial charge on any atom is 0.230 e. The third-order valence-electron chi connectivity index (χ3n) is 3.40. The van der Waals surface area contributed by atoms with Crippen molar-refractivity contribution in [3.8, 4) is 0 Å². The summed E-state index contributed by atoms with van der Waals surface area (Å²) in [6.07, 6.45) is 1.80. The molecule has 0 aromatic carbocycles. The Morgan fingerprint density at radius 1 is 1.36 bits per heavy atom. The van der Waals surface area contributed by atoms with Gasteiger partial charge in [0, 0.05) is 24.0 Å². The monoisotopic (exact) mass is 320 g/mol. The van der Waals surface area contributed by atoms with E-state index in [2.05, 4.69) is 29.2 Å². The van der Waals surface area contributed by atoms with Crippen LogP contribution in [0.15, 0.2) is 18.3 Å². The Morgan fingerprint density at radius 2 is 2.09 bits per heavy atom. The van der Waals surface area contributed by atoms with Gasteiger partial charge >= 0.3 is 0 Å². The van der Waals surface area contributed by atoms with Gasteiger partial charge in [0.25, 0.3) is 0 Å². The van der Waals surface area contributed by atoms with Crippen molar-refractivity contribution in [2.45, 2.75) is 40.7 Å². The number of anilines is 1. The van der Waals surface area contributed by atoms with Crippen LogP contribution >= 0.6 is 11.6 Å². The number of hydrogen-bond acceptors (Lipinski definition) is 3. The van der Waals surface area contributed by atoms with E-state index in [4.69, 9.17) is 11.6 Å². The van der Waals surface area contributed by atoms with Gasteiger partial charge in [0.1, 0.15) is 5.82 Å². The fourth-order valence-electron chi connectivity index (χ4n) is 2.31. The number of rotatable bonds is 5. The molecule has 22 heavy (non-hydrogen) atoms. The van der Waals surface area contributed by atoms with Crippen molar-refractivity contribution in [3.05, 3.63) is 40.3 Å². The molecule has 2 heterocycles. The van der Waals surface area contributed by atoms with Crippen LogP contribution in [0, 0.1) is 19.8 Å². The van der Waals surface area contributed by atoms with E-state index >= 15 is 0 Å². The number of carbonyl (C=O) groups is 1. The molecule has 5 nitrogen and oxygen atoms in total. The van der Waals surface area contributed by atoms with Crippen LogP contribution in [0.5, 0.6) is 0 Å². The third kappa shape index (κ3) is 4.07. The van der Waals surface area contributed by atoms with Crippen LogP contribution in [-0.4, -0.2) is 20.7 Å². The first kappa shape index (κ1) is 16.5. The van der Waals surface area contributed by atoms with Gasteiger partial charge in [-0.1, -0.05) is 25.4 Å². The van der Waals surface area contributed by atoms with Gasteiger partial charge in [0.15, 0.2) is 0 Å². The summed E-state index contributed by atoms with van der Waals surface area (Å²) in [4.78, 5) is 16.2. The van der Waals surface area contributed by atoms with Gasteiger partial charge in [-0.2, -0.15) is 5.10 Å². The van der Waals surface area contributed by atoms with Crippen molar-refractivity contribution < 1.29 is 4.79 Å². The second-order valence-electron chi connectivity index (χ2n) is 5.81. The number of nitrogens with zero attached hydrogens (tertiary/aromatic N) is 3. The summed E-state index contributed by atoms with van der Waals surface area (Å²) in [7, 11) is 0. The van der Waals surface area contributed by atoms with E-state index in [9.17, 15) is 4.79 Å². The lowest BCUT2D eigenvalue weighted by Crippen LogP contribution is -2.16. The summed E-state index contributed by atoms with van der Waals surface area (Å²) in [5, 5.41) is 7.84. The quantitative estimate of drug-likeness (QED) is 0.918. The van der Waals surface area contributed by atoms with Gasteiger partial charge in [-0.05, 0) is 31.9 Å². The first-order valence-corrected chi connectivity index (χ1v) is 7.69. The lowest BCUT2D eigenvalue weighted by atomic mass is 10.1. The third-order valence-corrected chi connectivity index (χ3v) is 3.63. The SMILES string of the molecule is Cc1nn(CC(C)C)c(C)c1CC(=O)Nc1ccc(Cl)cn1. The Hall–Kier alpha value is -1.88. The largest absolute Gasteiger partial charge is 0.310 e. The average molecular weight is 321 g/mol. The minimum atomic E-state index is -0.106. The lowest BCUT2D eigenvalue weighted by molar-refractivity contribution is -0.115. The predicted octanol–water partition coefficient (Wildman–Crippen LogP) is 3.39. The second-order valence-corrected chi connectivity index (χ2v) is 6.25. The molecule has 0 unspecified atom stereocenters. The molecule has 118 valence electrons. The highest BCUT2D eigenvalue weighted by Gasteiger charge is 2.15. The molecule has 0 aliphatic rings. The molecule has 0 aliphatic carbocycles. The van der Waals surface area contributed by atoms with Crippen molar-refractivity contribution >= 4 is 23.3 Å². The number of pyridine rings is 1. The van der Waals surface area contributed by atoms with Crippen LogP contribution in [-0.2, 0) is 17.8 Å². The second kappa shape index (κ2) is 6.92. The molecular weight excluding hydrogens is 300 g/mol. The number of amides is 1. The Balaban J connectivity index is 2.08. The Labute approximate surface area is 135 Å². The highest BCUT2D eigenvalue weighted by molar-refractivity contribution is 6.30. The van der Waals surface area contributed by atoms with E-state index in [1.54, 1.807) is 12.1 Å². The molecule has 1 amide bonds. The summed E-state index contributed by atoms with van der Waals surface area (Å²) >= 11 is 5.78. The van der Waals surface area contributed by atoms with E-state index < -0.39 is 0 Å². The highest BCUT2D eigenvalue weighted by Crippen LogP contribution is 2.16. The Morgan fingerprint density at radius 3 is 2.68 bits per heavy atom. The number of hydrogen-bond donors (Lipinski definition) is 1. The van der Waals surface area contributed by atoms with E-state index in [0.29, 0.717) is 23.2 Å². The molecule has 0 spiro atoms. The molecule has 6 heteroatoms. The highest BCUT2D eigenvalue weighted by atomic mass is 35.5. The fraction of sp³-hybridized carbons (Fsp3) is 0.438. The summed E-state index contributed by atoms with van der Waals surface area (Å²) in [5.74, 6) is 0.905. The number of aromatic nitrogens is 3. The molecule has 1 N–H and O–H groups in total. The van der Waals surface area contributed by atoms with Crippen LogP contribution in [0.25, 0.3) is 0 Å². The number of aryl methyl sites for hydroxylation is 1. The maximum atomic E-state index is 12.2. The maximum absolute atomic E-state index is 12.2. The van der Waals surface area contributed by atoms with Gasteiger partial charge in [-0.15, -0.1) is 0 Å². The zero-order chi connectivity index (χ0) is 16.3. The first-order valence-electron chi connectivity index (χ1n) is 7.31. The van der Waals surface area contributed by atoms with Crippen LogP contribution in [0.1, 0.15) is 30.8 Å². The number of halogens is 1. The zero-order valence-electron chi connectivity index (χ0n) is 13.4. The van der Waals surface area contributed by atoms with E-state index in [1.807, 2.05) is 18.5 Å². The summed E-state index contributed by atoms with van der Waals surface area (Å²) in [5.41, 5.74) is 2.93. The molecule has 2 aromatic rings. The van der Waals surface area contributed by atoms with Gasteiger partial charge in [0.2, 0.25) is 5.91 Å². The summed E-state index contributed by atoms with van der Waals surface area (Å²) < 4.78 is 1.98. The molecule has 0 bridgehead atoms. The first-order chi connectivity index (χ1) is 10.4. The normalized spacial score (nSPS) is 11.0. The van der Waals surface area contributed by atoms with Crippen LogP contribution < -0.4 is 5.32 Å². The van der Waals surface area contributed by atoms with Gasteiger partial charge in [0.05, 0.1) is 17.1 Å².